The second-order valence-electron chi connectivity index (χ2n) is 0.258. The molecule has 0 aliphatic rings. The van der Waals surface area contributed by atoms with Gasteiger partial charge in [-0.3, -0.25) is 0 Å². The Labute approximate surface area is 70.2 Å². The molecular formula is C2H5OUW-. The van der Waals surface area contributed by atoms with Gasteiger partial charge in [0, 0.05) is 52.2 Å². The van der Waals surface area contributed by atoms with E-state index >= 15 is 0 Å². The van der Waals surface area contributed by atoms with Gasteiger partial charge in [0.25, 0.3) is 0 Å². The van der Waals surface area contributed by atoms with Crippen molar-refractivity contribution >= 4 is 0 Å². The fourth-order valence-electron chi connectivity index (χ4n) is 0. The Kier molecular flexibility index (Phi) is 54.9. The van der Waals surface area contributed by atoms with Crippen molar-refractivity contribution in [2.24, 2.45) is 0 Å². The Hall–Kier alpha value is 1.70. The molecule has 3 heteroatoms. The molecule has 0 amide bonds. The summed E-state index contributed by atoms with van der Waals surface area (Å²) in [5, 5.41) is 7.44. The van der Waals surface area contributed by atoms with E-state index in [1.807, 2.05) is 0 Å². The van der Waals surface area contributed by atoms with Crippen LogP contribution >= 0.6 is 0 Å². The monoisotopic (exact) mass is 467 g/mol. The largest absolute Gasteiger partial charge is 0.566 e. The van der Waals surface area contributed by atoms with Gasteiger partial charge in [-0.1, -0.05) is 0 Å². The van der Waals surface area contributed by atoms with Crippen LogP contribution in [-0.2, 0) is 21.1 Å². The molecule has 0 unspecified atom stereocenters. The molecule has 1 nitrogen and oxygen atoms in total. The van der Waals surface area contributed by atoms with Crippen LogP contribution in [0.3, 0.4) is 0 Å². The molecule has 0 saturated heterocycles. The van der Waals surface area contributed by atoms with E-state index < -0.39 is 0 Å². The summed E-state index contributed by atoms with van der Waals surface area (Å²) in [4.78, 5) is 0. The molecule has 0 fully saturated rings. The standard InChI is InChI=1S/C2H5O.U.W/c1-2-3;;/h2-3H,1H3;;/q-1;;. The van der Waals surface area contributed by atoms with E-state index in [0.717, 1.165) is 6.61 Å². The number of hydrogen-bond acceptors (Lipinski definition) is 1. The van der Waals surface area contributed by atoms with E-state index in [9.17, 15) is 0 Å². The third kappa shape index (κ3) is 27.0. The van der Waals surface area contributed by atoms with Crippen LogP contribution < -0.4 is 0 Å². The SMILES string of the molecule is C[CH-]O.[U].[W]. The normalized spacial score (nSPS) is 3.60. The van der Waals surface area contributed by atoms with Crippen LogP contribution in [-0.4, -0.2) is 5.11 Å². The van der Waals surface area contributed by atoms with Gasteiger partial charge in [-0.25, -0.2) is 6.61 Å². The molecule has 30 valence electrons. The van der Waals surface area contributed by atoms with Crippen molar-refractivity contribution in [3.05, 3.63) is 6.61 Å². The van der Waals surface area contributed by atoms with Crippen LogP contribution in [0.4, 0.5) is 0 Å². The molecule has 0 atom stereocenters. The van der Waals surface area contributed by atoms with Gasteiger partial charge in [-0.2, -0.15) is 6.92 Å². The Morgan fingerprint density at radius 3 is 1.60 bits per heavy atom. The van der Waals surface area contributed by atoms with Gasteiger partial charge in [-0.05, 0) is 0 Å². The molecule has 0 radical (unpaired) electrons. The van der Waals surface area contributed by atoms with E-state index in [1.165, 1.54) is 0 Å². The number of hydrogen-bond donors (Lipinski definition) is 1. The summed E-state index contributed by atoms with van der Waals surface area (Å²) in [6, 6.07) is 0. The van der Waals surface area contributed by atoms with Crippen LogP contribution in [0.2, 0.25) is 0 Å². The molecule has 0 saturated carbocycles. The van der Waals surface area contributed by atoms with E-state index in [-0.39, 0.29) is 52.2 Å². The summed E-state index contributed by atoms with van der Waals surface area (Å²) < 4.78 is 0. The van der Waals surface area contributed by atoms with E-state index in [4.69, 9.17) is 5.11 Å². The minimum atomic E-state index is 0. The van der Waals surface area contributed by atoms with Crippen LogP contribution in [0.15, 0.2) is 0 Å². The molecule has 0 aliphatic heterocycles. The summed E-state index contributed by atoms with van der Waals surface area (Å²) in [7, 11) is 0. The molecular weight excluding hydrogens is 462 g/mol. The summed E-state index contributed by atoms with van der Waals surface area (Å²) in [6.07, 6.45) is 0. The molecule has 0 heterocycles. The van der Waals surface area contributed by atoms with Crippen LogP contribution in [0, 0.1) is 37.7 Å². The first-order chi connectivity index (χ1) is 1.41. The van der Waals surface area contributed by atoms with Crippen molar-refractivity contribution in [3.8, 4) is 0 Å². The molecule has 0 aromatic rings. The van der Waals surface area contributed by atoms with Crippen molar-refractivity contribution in [2.45, 2.75) is 6.92 Å². The van der Waals surface area contributed by atoms with Gasteiger partial charge >= 0.3 is 0 Å². The topological polar surface area (TPSA) is 20.2 Å². The zero-order valence-electron chi connectivity index (χ0n) is 2.93. The van der Waals surface area contributed by atoms with Gasteiger partial charge in [0.2, 0.25) is 0 Å². The number of aliphatic hydroxyl groups is 1. The minimum Gasteiger partial charge on any atom is -0.566 e. The summed E-state index contributed by atoms with van der Waals surface area (Å²) in [5.41, 5.74) is 0. The summed E-state index contributed by atoms with van der Waals surface area (Å²) in [5.74, 6) is 0. The maximum Gasteiger partial charge on any atom is 0 e. The summed E-state index contributed by atoms with van der Waals surface area (Å²) >= 11 is 0. The molecule has 0 rings (SSSR count). The van der Waals surface area contributed by atoms with Crippen molar-refractivity contribution in [1.29, 1.82) is 0 Å². The molecule has 0 aromatic heterocycles. The average Bonchev–Trinajstić information content (AvgIpc) is 0.918. The van der Waals surface area contributed by atoms with Crippen molar-refractivity contribution in [3.63, 3.8) is 0 Å². The first-order valence-electron chi connectivity index (χ1n) is 0.836. The van der Waals surface area contributed by atoms with E-state index in [1.54, 1.807) is 6.92 Å². The minimum absolute atomic E-state index is 0. The van der Waals surface area contributed by atoms with Gasteiger partial charge in [-0.15, -0.1) is 0 Å². The molecule has 5 heavy (non-hydrogen) atoms. The number of rotatable bonds is 0. The van der Waals surface area contributed by atoms with Crippen LogP contribution in [0.25, 0.3) is 0 Å². The van der Waals surface area contributed by atoms with Crippen LogP contribution in [0.1, 0.15) is 6.92 Å². The fourth-order valence-corrected chi connectivity index (χ4v) is 0. The summed E-state index contributed by atoms with van der Waals surface area (Å²) in [6.45, 7) is 2.56. The first-order valence-corrected chi connectivity index (χ1v) is 0.836. The maximum absolute atomic E-state index is 7.44. The first kappa shape index (κ1) is 15.9. The second kappa shape index (κ2) is 17.3. The second-order valence-corrected chi connectivity index (χ2v) is 0.258. The quantitative estimate of drug-likeness (QED) is 0.517. The number of aliphatic hydroxyl groups excluding tert-OH is 1. The Bertz CT molecular complexity index is 9.61. The smallest absolute Gasteiger partial charge is 0 e. The van der Waals surface area contributed by atoms with Crippen molar-refractivity contribution < 1.29 is 57.3 Å². The molecule has 1 N–H and O–H groups in total. The predicted octanol–water partition coefficient (Wildman–Crippen LogP) is 0.538. The predicted molar refractivity (Wildman–Crippen MR) is 11.9 cm³/mol. The third-order valence-electron chi connectivity index (χ3n) is 0. The molecule has 0 spiro atoms. The van der Waals surface area contributed by atoms with Crippen molar-refractivity contribution in [2.75, 3.05) is 0 Å². The molecule has 0 aliphatic carbocycles. The van der Waals surface area contributed by atoms with Gasteiger partial charge in [0.15, 0.2) is 0 Å². The zero-order chi connectivity index (χ0) is 2.71. The Balaban J connectivity index is -0.0000000200. The Morgan fingerprint density at radius 1 is 1.60 bits per heavy atom. The van der Waals surface area contributed by atoms with E-state index in [2.05, 4.69) is 0 Å². The fraction of sp³-hybridized carbons (Fsp3) is 0.500. The third-order valence-corrected chi connectivity index (χ3v) is 0. The maximum atomic E-state index is 7.44. The van der Waals surface area contributed by atoms with Gasteiger partial charge < -0.3 is 5.11 Å². The molecule has 0 bridgehead atoms. The van der Waals surface area contributed by atoms with Gasteiger partial charge in [0.05, 0.1) is 0 Å². The van der Waals surface area contributed by atoms with Crippen molar-refractivity contribution in [1.82, 2.24) is 0 Å². The Morgan fingerprint density at radius 2 is 1.60 bits per heavy atom. The van der Waals surface area contributed by atoms with Crippen LogP contribution in [0.5, 0.6) is 0 Å². The molecule has 0 aromatic carbocycles. The van der Waals surface area contributed by atoms with Gasteiger partial charge in [0.1, 0.15) is 0 Å². The zero-order valence-corrected chi connectivity index (χ0v) is 10.0. The average molecular weight is 467 g/mol. The van der Waals surface area contributed by atoms with E-state index in [0.29, 0.717) is 0 Å².